The zero-order valence-corrected chi connectivity index (χ0v) is 12.0. The van der Waals surface area contributed by atoms with Gasteiger partial charge in [-0.2, -0.15) is 0 Å². The molecule has 1 atom stereocenters. The maximum absolute atomic E-state index is 2.46. The molecule has 0 heterocycles. The largest absolute Gasteiger partial charge is 0.0691 e. The Bertz CT molecular complexity index is 306. The van der Waals surface area contributed by atoms with Crippen LogP contribution in [0.15, 0.2) is 30.3 Å². The molecule has 0 aromatic heterocycles. The third kappa shape index (κ3) is 2.51. The molecule has 0 amide bonds. The number of hydrogen-bond donors (Lipinski definition) is 0. The molecule has 1 rings (SSSR count). The molecule has 0 saturated carbocycles. The molecule has 0 N–H and O–H groups in total. The maximum atomic E-state index is 2.46. The van der Waals surface area contributed by atoms with E-state index in [4.69, 9.17) is 0 Å². The second-order valence-electron chi connectivity index (χ2n) is 6.10. The van der Waals surface area contributed by atoms with Crippen molar-refractivity contribution in [3.63, 3.8) is 0 Å². The summed E-state index contributed by atoms with van der Waals surface area (Å²) in [6.45, 7) is 14.6. The van der Waals surface area contributed by atoms with E-state index in [0.717, 1.165) is 0 Å². The highest BCUT2D eigenvalue weighted by Gasteiger charge is 2.39. The van der Waals surface area contributed by atoms with Gasteiger partial charge in [0.05, 0.1) is 8.07 Å². The van der Waals surface area contributed by atoms with E-state index in [1.54, 1.807) is 0 Å². The molecule has 0 radical (unpaired) electrons. The quantitative estimate of drug-likeness (QED) is 0.635. The highest BCUT2D eigenvalue weighted by atomic mass is 28.3. The Morgan fingerprint density at radius 3 is 1.87 bits per heavy atom. The molecule has 0 aliphatic rings. The van der Waals surface area contributed by atoms with Crippen LogP contribution in [0.5, 0.6) is 0 Å². The van der Waals surface area contributed by atoms with Crippen molar-refractivity contribution in [1.29, 1.82) is 0 Å². The summed E-state index contributed by atoms with van der Waals surface area (Å²) in [6.07, 6.45) is 0. The van der Waals surface area contributed by atoms with Gasteiger partial charge in [-0.3, -0.25) is 0 Å². The fraction of sp³-hybridized carbons (Fsp3) is 0.571. The van der Waals surface area contributed by atoms with E-state index in [-0.39, 0.29) is 0 Å². The third-order valence-corrected chi connectivity index (χ3v) is 8.61. The van der Waals surface area contributed by atoms with Gasteiger partial charge in [0, 0.05) is 0 Å². The van der Waals surface area contributed by atoms with Crippen molar-refractivity contribution in [3.8, 4) is 0 Å². The summed E-state index contributed by atoms with van der Waals surface area (Å²) in [6, 6.07) is 10.9. The zero-order valence-electron chi connectivity index (χ0n) is 11.0. The predicted molar refractivity (Wildman–Crippen MR) is 72.2 cm³/mol. The Balaban J connectivity index is 3.00. The van der Waals surface area contributed by atoms with Crippen molar-refractivity contribution < 1.29 is 0 Å². The Hall–Kier alpha value is -0.563. The average molecular weight is 220 g/mol. The van der Waals surface area contributed by atoms with Gasteiger partial charge in [0.2, 0.25) is 0 Å². The molecule has 1 aromatic carbocycles. The van der Waals surface area contributed by atoms with Gasteiger partial charge < -0.3 is 0 Å². The van der Waals surface area contributed by atoms with Crippen LogP contribution in [0.1, 0.15) is 32.3 Å². The molecule has 15 heavy (non-hydrogen) atoms. The van der Waals surface area contributed by atoms with E-state index >= 15 is 0 Å². The Morgan fingerprint density at radius 1 is 1.00 bits per heavy atom. The van der Waals surface area contributed by atoms with Crippen LogP contribution in [0.3, 0.4) is 0 Å². The van der Waals surface area contributed by atoms with Crippen LogP contribution in [-0.2, 0) is 0 Å². The number of rotatable bonds is 3. The van der Waals surface area contributed by atoms with Gasteiger partial charge in [0.15, 0.2) is 0 Å². The molecule has 0 nitrogen and oxygen atoms in total. The molecule has 1 aromatic rings. The molecule has 0 spiro atoms. The van der Waals surface area contributed by atoms with Gasteiger partial charge in [-0.25, -0.2) is 0 Å². The summed E-state index contributed by atoms with van der Waals surface area (Å²) in [4.78, 5) is 0. The highest BCUT2D eigenvalue weighted by molar-refractivity contribution is 6.79. The summed E-state index contributed by atoms with van der Waals surface area (Å²) in [5, 5.41) is 0.439. The van der Waals surface area contributed by atoms with Crippen molar-refractivity contribution >= 4 is 8.07 Å². The smallest absolute Gasteiger partial charge is 0.0506 e. The van der Waals surface area contributed by atoms with Gasteiger partial charge >= 0.3 is 0 Å². The topological polar surface area (TPSA) is 0 Å². The predicted octanol–water partition coefficient (Wildman–Crippen LogP) is 4.91. The molecule has 0 aliphatic carbocycles. The van der Waals surface area contributed by atoms with Crippen molar-refractivity contribution in [2.75, 3.05) is 0 Å². The minimum atomic E-state index is -1.13. The molecule has 0 bridgehead atoms. The van der Waals surface area contributed by atoms with Gasteiger partial charge in [0.1, 0.15) is 0 Å². The van der Waals surface area contributed by atoms with E-state index in [1.165, 1.54) is 5.56 Å². The fourth-order valence-corrected chi connectivity index (χ4v) is 3.27. The van der Waals surface area contributed by atoms with Gasteiger partial charge in [-0.15, -0.1) is 0 Å². The van der Waals surface area contributed by atoms with Crippen molar-refractivity contribution in [1.82, 2.24) is 0 Å². The lowest BCUT2D eigenvalue weighted by molar-refractivity contribution is 0.535. The standard InChI is InChI=1S/C14H24Si/c1-12(13-10-8-7-9-11-13)14(2,3)15(4,5)6/h7-12H,1-6H3. The van der Waals surface area contributed by atoms with Crippen LogP contribution in [-0.4, -0.2) is 8.07 Å². The molecule has 1 unspecified atom stereocenters. The molecule has 0 aliphatic heterocycles. The summed E-state index contributed by atoms with van der Waals surface area (Å²) < 4.78 is 0. The van der Waals surface area contributed by atoms with Crippen LogP contribution in [0.2, 0.25) is 24.7 Å². The first kappa shape index (κ1) is 12.5. The normalized spacial score (nSPS) is 15.1. The summed E-state index contributed by atoms with van der Waals surface area (Å²) >= 11 is 0. The molecule has 0 fully saturated rings. The van der Waals surface area contributed by atoms with E-state index in [0.29, 0.717) is 11.0 Å². The summed E-state index contributed by atoms with van der Waals surface area (Å²) in [5.41, 5.74) is 1.48. The van der Waals surface area contributed by atoms with Crippen molar-refractivity contribution in [2.24, 2.45) is 0 Å². The molecule has 0 saturated heterocycles. The zero-order chi connectivity index (χ0) is 11.7. The molecular formula is C14H24Si. The van der Waals surface area contributed by atoms with Crippen molar-refractivity contribution in [2.45, 2.75) is 51.4 Å². The Morgan fingerprint density at radius 2 is 1.47 bits per heavy atom. The average Bonchev–Trinajstić information content (AvgIpc) is 2.16. The molecule has 84 valence electrons. The van der Waals surface area contributed by atoms with Crippen LogP contribution >= 0.6 is 0 Å². The second-order valence-corrected chi connectivity index (χ2v) is 11.9. The van der Waals surface area contributed by atoms with Crippen molar-refractivity contribution in [3.05, 3.63) is 35.9 Å². The monoisotopic (exact) mass is 220 g/mol. The SMILES string of the molecule is CC(c1ccccc1)C(C)(C)[Si](C)(C)C. The van der Waals surface area contributed by atoms with E-state index in [1.807, 2.05) is 0 Å². The van der Waals surface area contributed by atoms with Crippen LogP contribution in [0, 0.1) is 0 Å². The molecule has 1 heteroatoms. The first-order valence-corrected chi connectivity index (χ1v) is 9.32. The first-order valence-electron chi connectivity index (χ1n) is 5.82. The number of hydrogen-bond acceptors (Lipinski definition) is 0. The minimum Gasteiger partial charge on any atom is -0.0691 e. The lowest BCUT2D eigenvalue weighted by Gasteiger charge is -2.42. The van der Waals surface area contributed by atoms with Gasteiger partial charge in [0.25, 0.3) is 0 Å². The molecular weight excluding hydrogens is 196 g/mol. The second kappa shape index (κ2) is 4.13. The van der Waals surface area contributed by atoms with Crippen LogP contribution in [0.4, 0.5) is 0 Å². The third-order valence-electron chi connectivity index (χ3n) is 4.32. The summed E-state index contributed by atoms with van der Waals surface area (Å²) in [5.74, 6) is 0.644. The van der Waals surface area contributed by atoms with Crippen LogP contribution < -0.4 is 0 Å². The van der Waals surface area contributed by atoms with E-state index in [2.05, 4.69) is 70.7 Å². The van der Waals surface area contributed by atoms with Crippen LogP contribution in [0.25, 0.3) is 0 Å². The van der Waals surface area contributed by atoms with E-state index in [9.17, 15) is 0 Å². The summed E-state index contributed by atoms with van der Waals surface area (Å²) in [7, 11) is -1.13. The lowest BCUT2D eigenvalue weighted by atomic mass is 9.89. The fourth-order valence-electron chi connectivity index (χ4n) is 1.81. The van der Waals surface area contributed by atoms with E-state index < -0.39 is 8.07 Å². The first-order chi connectivity index (χ1) is 6.77. The number of benzene rings is 1. The van der Waals surface area contributed by atoms with Gasteiger partial charge in [-0.05, 0) is 16.5 Å². The highest BCUT2D eigenvalue weighted by Crippen LogP contribution is 2.48. The Kier molecular flexibility index (Phi) is 3.44. The maximum Gasteiger partial charge on any atom is 0.0506 e. The van der Waals surface area contributed by atoms with Gasteiger partial charge in [-0.1, -0.05) is 70.7 Å². The lowest BCUT2D eigenvalue weighted by Crippen LogP contribution is -2.38. The minimum absolute atomic E-state index is 0.439. The Labute approximate surface area is 95.7 Å².